The van der Waals surface area contributed by atoms with Gasteiger partial charge in [-0.3, -0.25) is 9.59 Å². The molecule has 1 heterocycles. The molecule has 3 rings (SSSR count). The fourth-order valence-electron chi connectivity index (χ4n) is 5.23. The van der Waals surface area contributed by atoms with E-state index in [-0.39, 0.29) is 18.0 Å². The van der Waals surface area contributed by atoms with Crippen LogP contribution >= 0.6 is 11.6 Å². The first-order valence-corrected chi connectivity index (χ1v) is 12.4. The topological polar surface area (TPSA) is 62.0 Å². The Kier molecular flexibility index (Phi) is 8.21. The lowest BCUT2D eigenvalue weighted by molar-refractivity contribution is 0.0949. The third-order valence-corrected chi connectivity index (χ3v) is 7.39. The average Bonchev–Trinajstić information content (AvgIpc) is 2.72. The number of H-pyrrole nitrogens is 1. The Labute approximate surface area is 197 Å². The molecule has 174 valence electrons. The SMILES string of the molecule is CCc1c(C[C@H]2CC[C@@H](C(C)C)CC2)cc(Cl)cc1C(=O)NCc1c(C)cc(C)[nH]c1=O. The van der Waals surface area contributed by atoms with Gasteiger partial charge in [-0.05, 0) is 105 Å². The lowest BCUT2D eigenvalue weighted by Gasteiger charge is -2.31. The Morgan fingerprint density at radius 1 is 1.12 bits per heavy atom. The summed E-state index contributed by atoms with van der Waals surface area (Å²) in [5.74, 6) is 2.07. The predicted octanol–water partition coefficient (Wildman–Crippen LogP) is 6.14. The molecule has 5 heteroatoms. The minimum atomic E-state index is -0.173. The van der Waals surface area contributed by atoms with Crippen molar-refractivity contribution >= 4 is 17.5 Å². The molecule has 1 amide bonds. The van der Waals surface area contributed by atoms with Gasteiger partial charge in [0.15, 0.2) is 0 Å². The van der Waals surface area contributed by atoms with Crippen LogP contribution in [0.2, 0.25) is 5.02 Å². The van der Waals surface area contributed by atoms with Crippen LogP contribution in [-0.4, -0.2) is 10.9 Å². The number of halogens is 1. The highest BCUT2D eigenvalue weighted by molar-refractivity contribution is 6.31. The van der Waals surface area contributed by atoms with Crippen LogP contribution in [0.4, 0.5) is 0 Å². The third-order valence-electron chi connectivity index (χ3n) is 7.17. The molecule has 1 aliphatic carbocycles. The molecule has 1 aromatic carbocycles. The van der Waals surface area contributed by atoms with Gasteiger partial charge in [-0.1, -0.05) is 32.4 Å². The normalized spacial score (nSPS) is 18.7. The molecular formula is C27H37ClN2O2. The molecule has 2 aromatic rings. The van der Waals surface area contributed by atoms with E-state index in [0.717, 1.165) is 41.5 Å². The molecule has 0 saturated heterocycles. The average molecular weight is 457 g/mol. The minimum Gasteiger partial charge on any atom is -0.348 e. The molecule has 1 aromatic heterocycles. The van der Waals surface area contributed by atoms with Crippen molar-refractivity contribution in [1.82, 2.24) is 10.3 Å². The Morgan fingerprint density at radius 2 is 1.81 bits per heavy atom. The van der Waals surface area contributed by atoms with Gasteiger partial charge in [-0.15, -0.1) is 0 Å². The van der Waals surface area contributed by atoms with Gasteiger partial charge in [0.05, 0.1) is 0 Å². The highest BCUT2D eigenvalue weighted by Crippen LogP contribution is 2.36. The molecule has 1 saturated carbocycles. The summed E-state index contributed by atoms with van der Waals surface area (Å²) < 4.78 is 0. The molecule has 0 atom stereocenters. The molecule has 0 unspecified atom stereocenters. The van der Waals surface area contributed by atoms with E-state index < -0.39 is 0 Å². The van der Waals surface area contributed by atoms with Crippen LogP contribution in [0.25, 0.3) is 0 Å². The fourth-order valence-corrected chi connectivity index (χ4v) is 5.47. The van der Waals surface area contributed by atoms with Crippen molar-refractivity contribution in [3.63, 3.8) is 0 Å². The largest absolute Gasteiger partial charge is 0.348 e. The molecule has 4 nitrogen and oxygen atoms in total. The molecule has 0 radical (unpaired) electrons. The number of rotatable bonds is 7. The summed E-state index contributed by atoms with van der Waals surface area (Å²) in [6.45, 7) is 10.7. The number of aromatic nitrogens is 1. The standard InChI is InChI=1S/C27H37ClN2O2/c1-6-23-21(12-19-7-9-20(10-8-19)16(2)3)13-22(28)14-24(23)26(31)29-15-25-17(4)11-18(5)30-27(25)32/h11,13-14,16,19-20H,6-10,12,15H2,1-5H3,(H,29,31)(H,30,32)/t19-,20+. The van der Waals surface area contributed by atoms with E-state index in [4.69, 9.17) is 11.6 Å². The number of amides is 1. The van der Waals surface area contributed by atoms with Crippen LogP contribution in [0.1, 0.15) is 84.8 Å². The van der Waals surface area contributed by atoms with Gasteiger partial charge >= 0.3 is 0 Å². The van der Waals surface area contributed by atoms with Crippen LogP contribution in [0.15, 0.2) is 23.0 Å². The van der Waals surface area contributed by atoms with Crippen molar-refractivity contribution in [1.29, 1.82) is 0 Å². The number of aryl methyl sites for hydroxylation is 2. The smallest absolute Gasteiger partial charge is 0.253 e. The van der Waals surface area contributed by atoms with Crippen molar-refractivity contribution in [2.24, 2.45) is 17.8 Å². The van der Waals surface area contributed by atoms with Gasteiger partial charge in [-0.25, -0.2) is 0 Å². The van der Waals surface area contributed by atoms with Crippen molar-refractivity contribution in [3.05, 3.63) is 67.1 Å². The number of hydrogen-bond acceptors (Lipinski definition) is 2. The fraction of sp³-hybridized carbons (Fsp3) is 0.556. The second-order valence-corrected chi connectivity index (χ2v) is 10.2. The molecule has 32 heavy (non-hydrogen) atoms. The van der Waals surface area contributed by atoms with Gasteiger partial charge in [0.1, 0.15) is 0 Å². The summed E-state index contributed by atoms with van der Waals surface area (Å²) >= 11 is 6.46. The van der Waals surface area contributed by atoms with Crippen molar-refractivity contribution < 1.29 is 4.79 Å². The van der Waals surface area contributed by atoms with Crippen LogP contribution in [0.3, 0.4) is 0 Å². The maximum atomic E-state index is 13.1. The number of pyridine rings is 1. The molecule has 1 aliphatic rings. The number of hydrogen-bond donors (Lipinski definition) is 2. The molecule has 1 fully saturated rings. The van der Waals surface area contributed by atoms with Gasteiger partial charge in [-0.2, -0.15) is 0 Å². The second-order valence-electron chi connectivity index (χ2n) is 9.80. The minimum absolute atomic E-state index is 0.151. The zero-order valence-electron chi connectivity index (χ0n) is 20.1. The van der Waals surface area contributed by atoms with E-state index in [1.54, 1.807) is 6.07 Å². The summed E-state index contributed by atoms with van der Waals surface area (Å²) in [4.78, 5) is 28.2. The van der Waals surface area contributed by atoms with Gasteiger partial charge in [0.25, 0.3) is 11.5 Å². The third kappa shape index (κ3) is 5.83. The number of benzene rings is 1. The quantitative estimate of drug-likeness (QED) is 0.525. The Balaban J connectivity index is 1.76. The van der Waals surface area contributed by atoms with Crippen LogP contribution < -0.4 is 10.9 Å². The van der Waals surface area contributed by atoms with Crippen molar-refractivity contribution in [2.75, 3.05) is 0 Å². The van der Waals surface area contributed by atoms with E-state index in [1.807, 2.05) is 26.0 Å². The summed E-state index contributed by atoms with van der Waals surface area (Å²) in [5.41, 5.74) is 5.04. The molecule has 0 aliphatic heterocycles. The van der Waals surface area contributed by atoms with Crippen LogP contribution in [0, 0.1) is 31.6 Å². The summed E-state index contributed by atoms with van der Waals surface area (Å²) in [6, 6.07) is 5.73. The first kappa shape index (κ1) is 24.6. The van der Waals surface area contributed by atoms with Gasteiger partial charge < -0.3 is 10.3 Å². The van der Waals surface area contributed by atoms with E-state index >= 15 is 0 Å². The summed E-state index contributed by atoms with van der Waals surface area (Å²) in [6.07, 6.45) is 6.83. The molecule has 0 spiro atoms. The van der Waals surface area contributed by atoms with Gasteiger partial charge in [0, 0.05) is 28.4 Å². The predicted molar refractivity (Wildman–Crippen MR) is 133 cm³/mol. The Hall–Kier alpha value is -2.07. The summed E-state index contributed by atoms with van der Waals surface area (Å²) in [5, 5.41) is 3.55. The van der Waals surface area contributed by atoms with Crippen LogP contribution in [-0.2, 0) is 19.4 Å². The Morgan fingerprint density at radius 3 is 2.41 bits per heavy atom. The van der Waals surface area contributed by atoms with Gasteiger partial charge in [0.2, 0.25) is 0 Å². The van der Waals surface area contributed by atoms with E-state index in [2.05, 4.69) is 31.1 Å². The van der Waals surface area contributed by atoms with E-state index in [1.165, 1.54) is 31.2 Å². The number of aromatic amines is 1. The van der Waals surface area contributed by atoms with E-state index in [9.17, 15) is 9.59 Å². The van der Waals surface area contributed by atoms with Crippen molar-refractivity contribution in [2.45, 2.75) is 79.7 Å². The van der Waals surface area contributed by atoms with Crippen LogP contribution in [0.5, 0.6) is 0 Å². The number of nitrogens with one attached hydrogen (secondary N) is 2. The lowest BCUT2D eigenvalue weighted by atomic mass is 9.74. The summed E-state index contributed by atoms with van der Waals surface area (Å²) in [7, 11) is 0. The zero-order chi connectivity index (χ0) is 23.4. The molecule has 2 N–H and O–H groups in total. The lowest BCUT2D eigenvalue weighted by Crippen LogP contribution is -2.29. The first-order valence-electron chi connectivity index (χ1n) is 12.0. The second kappa shape index (κ2) is 10.7. The highest BCUT2D eigenvalue weighted by atomic mass is 35.5. The maximum absolute atomic E-state index is 13.1. The molecular weight excluding hydrogens is 420 g/mol. The highest BCUT2D eigenvalue weighted by Gasteiger charge is 2.25. The maximum Gasteiger partial charge on any atom is 0.253 e. The zero-order valence-corrected chi connectivity index (χ0v) is 20.9. The Bertz CT molecular complexity index is 1020. The monoisotopic (exact) mass is 456 g/mol. The van der Waals surface area contributed by atoms with E-state index in [0.29, 0.717) is 22.1 Å². The number of carbonyl (C=O) groups excluding carboxylic acids is 1. The number of carbonyl (C=O) groups is 1. The first-order chi connectivity index (χ1) is 15.2. The van der Waals surface area contributed by atoms with Crippen molar-refractivity contribution in [3.8, 4) is 0 Å². The molecule has 0 bridgehead atoms.